The van der Waals surface area contributed by atoms with Crippen LogP contribution in [0.5, 0.6) is 17.2 Å². The van der Waals surface area contributed by atoms with Crippen molar-refractivity contribution in [2.24, 2.45) is 11.8 Å². The van der Waals surface area contributed by atoms with Crippen molar-refractivity contribution < 1.29 is 19.0 Å². The number of methoxy groups -OCH3 is 2. The van der Waals surface area contributed by atoms with E-state index in [-0.39, 0.29) is 6.10 Å². The van der Waals surface area contributed by atoms with Crippen molar-refractivity contribution in [2.45, 2.75) is 57.6 Å². The number of nitriles is 1. The molecule has 2 bridgehead atoms. The van der Waals surface area contributed by atoms with Gasteiger partial charge in [-0.1, -0.05) is 19.1 Å². The standard InChI is InChI=1S/C31H41N3O4/c1-5-7-30(35)34-20-24-13-14-25(21-34)31(24)33(2)17-6-8-27(23-11-9-22(19-32)10-12-23)38-26-15-16-28(36-3)29(18-26)37-4/h9-12,15-16,18,24-25,27,31H,5-8,13-14,17,20-21H2,1-4H3. The monoisotopic (exact) mass is 519 g/mol. The molecule has 0 spiro atoms. The molecule has 4 rings (SSSR count). The van der Waals surface area contributed by atoms with Gasteiger partial charge in [0, 0.05) is 31.6 Å². The second kappa shape index (κ2) is 13.0. The van der Waals surface area contributed by atoms with Gasteiger partial charge in [0.15, 0.2) is 11.5 Å². The fourth-order valence-corrected chi connectivity index (χ4v) is 6.28. The second-order valence-electron chi connectivity index (χ2n) is 10.6. The Kier molecular flexibility index (Phi) is 9.52. The van der Waals surface area contributed by atoms with Gasteiger partial charge in [0.05, 0.1) is 25.9 Å². The van der Waals surface area contributed by atoms with E-state index in [2.05, 4.69) is 29.8 Å². The third-order valence-electron chi connectivity index (χ3n) is 8.13. The Hall–Kier alpha value is -3.24. The van der Waals surface area contributed by atoms with Crippen LogP contribution < -0.4 is 14.2 Å². The van der Waals surface area contributed by atoms with Crippen molar-refractivity contribution in [1.29, 1.82) is 5.26 Å². The molecule has 0 N–H and O–H groups in total. The molecule has 204 valence electrons. The van der Waals surface area contributed by atoms with E-state index in [1.54, 1.807) is 14.2 Å². The van der Waals surface area contributed by atoms with Crippen LogP contribution in [0.4, 0.5) is 0 Å². The van der Waals surface area contributed by atoms with Gasteiger partial charge < -0.3 is 24.0 Å². The summed E-state index contributed by atoms with van der Waals surface area (Å²) in [7, 11) is 5.48. The number of nitrogens with zero attached hydrogens (tertiary/aromatic N) is 3. The summed E-state index contributed by atoms with van der Waals surface area (Å²) in [5.41, 5.74) is 1.68. The van der Waals surface area contributed by atoms with E-state index >= 15 is 0 Å². The van der Waals surface area contributed by atoms with Crippen molar-refractivity contribution in [2.75, 3.05) is 40.9 Å². The molecule has 1 aliphatic heterocycles. The summed E-state index contributed by atoms with van der Waals surface area (Å²) in [6, 6.07) is 16.0. The number of rotatable bonds is 12. The highest BCUT2D eigenvalue weighted by Crippen LogP contribution is 2.40. The quantitative estimate of drug-likeness (QED) is 0.372. The van der Waals surface area contributed by atoms with Crippen molar-refractivity contribution in [3.8, 4) is 23.3 Å². The largest absolute Gasteiger partial charge is 0.493 e. The first-order valence-corrected chi connectivity index (χ1v) is 13.8. The third-order valence-corrected chi connectivity index (χ3v) is 8.13. The summed E-state index contributed by atoms with van der Waals surface area (Å²) in [6.07, 6.45) is 5.67. The van der Waals surface area contributed by atoms with E-state index in [9.17, 15) is 10.1 Å². The predicted molar refractivity (Wildman–Crippen MR) is 147 cm³/mol. The lowest BCUT2D eigenvalue weighted by molar-refractivity contribution is -0.134. The molecular weight excluding hydrogens is 478 g/mol. The molecule has 1 saturated heterocycles. The van der Waals surface area contributed by atoms with Crippen LogP contribution in [0, 0.1) is 23.2 Å². The number of carbonyl (C=O) groups excluding carboxylic acids is 1. The molecule has 38 heavy (non-hydrogen) atoms. The van der Waals surface area contributed by atoms with Crippen molar-refractivity contribution >= 4 is 5.91 Å². The van der Waals surface area contributed by atoms with Crippen molar-refractivity contribution in [1.82, 2.24) is 9.80 Å². The smallest absolute Gasteiger partial charge is 0.222 e. The van der Waals surface area contributed by atoms with Gasteiger partial charge in [0.1, 0.15) is 11.9 Å². The lowest BCUT2D eigenvalue weighted by atomic mass is 9.90. The normalized spacial score (nSPS) is 21.2. The highest BCUT2D eigenvalue weighted by Gasteiger charge is 2.44. The maximum Gasteiger partial charge on any atom is 0.222 e. The SMILES string of the molecule is CCCC(=O)N1CC2CCC(C1)C2N(C)CCCC(Oc1ccc(OC)c(OC)c1)c1ccc(C#N)cc1. The van der Waals surface area contributed by atoms with Gasteiger partial charge in [0.25, 0.3) is 0 Å². The van der Waals surface area contributed by atoms with Crippen LogP contribution >= 0.6 is 0 Å². The molecule has 2 aliphatic rings. The van der Waals surface area contributed by atoms with E-state index in [1.807, 2.05) is 42.5 Å². The molecule has 7 heteroatoms. The molecule has 1 amide bonds. The number of benzene rings is 2. The van der Waals surface area contributed by atoms with Crippen molar-refractivity contribution in [3.05, 3.63) is 53.6 Å². The van der Waals surface area contributed by atoms with Crippen LogP contribution in [0.25, 0.3) is 0 Å². The number of likely N-dealkylation sites (tertiary alicyclic amines) is 1. The predicted octanol–water partition coefficient (Wildman–Crippen LogP) is 5.44. The van der Waals surface area contributed by atoms with E-state index in [4.69, 9.17) is 14.2 Å². The second-order valence-corrected chi connectivity index (χ2v) is 10.6. The molecule has 3 atom stereocenters. The van der Waals surface area contributed by atoms with Gasteiger partial charge in [-0.15, -0.1) is 0 Å². The van der Waals surface area contributed by atoms with Crippen molar-refractivity contribution in [3.63, 3.8) is 0 Å². The van der Waals surface area contributed by atoms with Gasteiger partial charge in [-0.2, -0.15) is 5.26 Å². The van der Waals surface area contributed by atoms with Gasteiger partial charge in [0.2, 0.25) is 5.91 Å². The van der Waals surface area contributed by atoms with Crippen LogP contribution in [0.15, 0.2) is 42.5 Å². The van der Waals surface area contributed by atoms with E-state index in [1.165, 1.54) is 12.8 Å². The van der Waals surface area contributed by atoms with Crippen LogP contribution in [-0.2, 0) is 4.79 Å². The number of hydrogen-bond acceptors (Lipinski definition) is 6. The van der Waals surface area contributed by atoms with E-state index in [0.717, 1.165) is 44.5 Å². The number of hydrogen-bond donors (Lipinski definition) is 0. The lowest BCUT2D eigenvalue weighted by Crippen LogP contribution is -2.53. The van der Waals surface area contributed by atoms with Crippen LogP contribution in [0.1, 0.15) is 62.7 Å². The molecule has 3 unspecified atom stereocenters. The third kappa shape index (κ3) is 6.42. The average Bonchev–Trinajstić information content (AvgIpc) is 3.21. The minimum absolute atomic E-state index is 0.153. The fourth-order valence-electron chi connectivity index (χ4n) is 6.28. The summed E-state index contributed by atoms with van der Waals surface area (Å²) >= 11 is 0. The first-order valence-electron chi connectivity index (χ1n) is 13.8. The Bertz CT molecular complexity index is 1100. The molecule has 0 radical (unpaired) electrons. The molecule has 0 aromatic heterocycles. The Balaban J connectivity index is 1.40. The summed E-state index contributed by atoms with van der Waals surface area (Å²) in [6.45, 7) is 4.86. The maximum absolute atomic E-state index is 12.5. The molecule has 2 aromatic carbocycles. The first-order chi connectivity index (χ1) is 18.5. The van der Waals surface area contributed by atoms with Gasteiger partial charge >= 0.3 is 0 Å². The molecule has 2 aromatic rings. The van der Waals surface area contributed by atoms with E-state index in [0.29, 0.717) is 53.0 Å². The van der Waals surface area contributed by atoms with Gasteiger partial charge in [-0.3, -0.25) is 4.79 Å². The van der Waals surface area contributed by atoms with E-state index < -0.39 is 0 Å². The maximum atomic E-state index is 12.5. The summed E-state index contributed by atoms with van der Waals surface area (Å²) in [5.74, 6) is 3.46. The zero-order valence-electron chi connectivity index (χ0n) is 23.2. The Morgan fingerprint density at radius 2 is 1.76 bits per heavy atom. The molecule has 1 heterocycles. The van der Waals surface area contributed by atoms with Crippen LogP contribution in [-0.4, -0.2) is 62.7 Å². The van der Waals surface area contributed by atoms with Crippen LogP contribution in [0.3, 0.4) is 0 Å². The Morgan fingerprint density at radius 3 is 2.37 bits per heavy atom. The number of ether oxygens (including phenoxy) is 3. The summed E-state index contributed by atoms with van der Waals surface area (Å²) < 4.78 is 17.3. The van der Waals surface area contributed by atoms with Gasteiger partial charge in [-0.05, 0) is 87.4 Å². The Labute approximate surface area is 227 Å². The molecule has 7 nitrogen and oxygen atoms in total. The minimum atomic E-state index is -0.153. The number of fused-ring (bicyclic) bond motifs is 2. The Morgan fingerprint density at radius 1 is 1.08 bits per heavy atom. The van der Waals surface area contributed by atoms with Gasteiger partial charge in [-0.25, -0.2) is 0 Å². The van der Waals surface area contributed by atoms with Crippen LogP contribution in [0.2, 0.25) is 0 Å². The summed E-state index contributed by atoms with van der Waals surface area (Å²) in [4.78, 5) is 17.2. The molecule has 2 fully saturated rings. The number of carbonyl (C=O) groups is 1. The number of amides is 1. The zero-order chi connectivity index (χ0) is 27.1. The summed E-state index contributed by atoms with van der Waals surface area (Å²) in [5, 5.41) is 9.22. The topological polar surface area (TPSA) is 75.0 Å². The number of piperidine rings is 1. The highest BCUT2D eigenvalue weighted by molar-refractivity contribution is 5.76. The zero-order valence-corrected chi connectivity index (χ0v) is 23.2. The average molecular weight is 520 g/mol. The molecule has 1 aliphatic carbocycles. The minimum Gasteiger partial charge on any atom is -0.493 e. The lowest BCUT2D eigenvalue weighted by Gasteiger charge is -2.42. The fraction of sp³-hybridized carbons (Fsp3) is 0.548. The molecule has 1 saturated carbocycles. The molecular formula is C31H41N3O4. The first kappa shape index (κ1) is 27.8. The highest BCUT2D eigenvalue weighted by atomic mass is 16.5.